The minimum atomic E-state index is -0.413. The van der Waals surface area contributed by atoms with E-state index in [1.54, 1.807) is 29.2 Å². The molecule has 4 rings (SSSR count). The summed E-state index contributed by atoms with van der Waals surface area (Å²) in [5.74, 6) is 0.642. The van der Waals surface area contributed by atoms with Gasteiger partial charge in [0.05, 0.1) is 24.6 Å². The second-order valence-corrected chi connectivity index (χ2v) is 6.63. The van der Waals surface area contributed by atoms with E-state index in [9.17, 15) is 9.59 Å². The first-order chi connectivity index (χ1) is 13.0. The molecular weight excluding hydrogens is 346 g/mol. The molecule has 1 amide bonds. The van der Waals surface area contributed by atoms with Crippen molar-refractivity contribution in [3.63, 3.8) is 0 Å². The zero-order valence-electron chi connectivity index (χ0n) is 15.1. The summed E-state index contributed by atoms with van der Waals surface area (Å²) in [5, 5.41) is 0. The summed E-state index contributed by atoms with van der Waals surface area (Å²) in [6, 6.07) is 12.3. The van der Waals surface area contributed by atoms with Gasteiger partial charge in [-0.15, -0.1) is 0 Å². The van der Waals surface area contributed by atoms with Crippen LogP contribution >= 0.6 is 0 Å². The Bertz CT molecular complexity index is 934. The van der Waals surface area contributed by atoms with Crippen LogP contribution in [0.4, 0.5) is 5.69 Å². The van der Waals surface area contributed by atoms with Gasteiger partial charge in [-0.1, -0.05) is 18.2 Å². The number of fused-ring (bicyclic) bond motifs is 1. The van der Waals surface area contributed by atoms with Crippen molar-refractivity contribution in [1.29, 1.82) is 0 Å². The maximum atomic E-state index is 12.8. The topological polar surface area (TPSA) is 65.1 Å². The molecule has 0 bridgehead atoms. The summed E-state index contributed by atoms with van der Waals surface area (Å²) in [6.07, 6.45) is 0. The van der Waals surface area contributed by atoms with Crippen molar-refractivity contribution in [2.24, 2.45) is 5.92 Å². The van der Waals surface area contributed by atoms with E-state index in [4.69, 9.17) is 14.2 Å². The molecule has 2 aromatic carbocycles. The molecule has 0 aliphatic carbocycles. The van der Waals surface area contributed by atoms with E-state index in [0.29, 0.717) is 22.7 Å². The molecule has 0 aromatic heterocycles. The number of rotatable bonds is 4. The summed E-state index contributed by atoms with van der Waals surface area (Å²) in [7, 11) is 1.34. The molecule has 0 N–H and O–H groups in total. The SMILES string of the molecule is C=C(C)[C@H]1C(=O)N(c2ccc(C(=O)OC)cc2)[C@@H]1c1ccc2c(c1)OCO2. The summed E-state index contributed by atoms with van der Waals surface area (Å²) >= 11 is 0. The van der Waals surface area contributed by atoms with Crippen molar-refractivity contribution < 1.29 is 23.8 Å². The lowest BCUT2D eigenvalue weighted by molar-refractivity contribution is -0.128. The summed E-state index contributed by atoms with van der Waals surface area (Å²) in [5.41, 5.74) is 2.91. The van der Waals surface area contributed by atoms with Crippen molar-refractivity contribution in [3.05, 3.63) is 65.7 Å². The lowest BCUT2D eigenvalue weighted by Crippen LogP contribution is -2.55. The number of carbonyl (C=O) groups is 2. The third kappa shape index (κ3) is 2.73. The molecule has 2 aliphatic rings. The predicted molar refractivity (Wildman–Crippen MR) is 98.9 cm³/mol. The average Bonchev–Trinajstić information content (AvgIpc) is 3.13. The zero-order chi connectivity index (χ0) is 19.1. The van der Waals surface area contributed by atoms with Crippen LogP contribution in [0.3, 0.4) is 0 Å². The number of β-lactam (4-membered cyclic amide) rings is 1. The van der Waals surface area contributed by atoms with Gasteiger partial charge in [-0.3, -0.25) is 4.79 Å². The molecule has 0 saturated carbocycles. The van der Waals surface area contributed by atoms with Gasteiger partial charge in [-0.05, 0) is 48.9 Å². The minimum Gasteiger partial charge on any atom is -0.465 e. The molecule has 27 heavy (non-hydrogen) atoms. The van der Waals surface area contributed by atoms with Crippen molar-refractivity contribution >= 4 is 17.6 Å². The smallest absolute Gasteiger partial charge is 0.337 e. The Hall–Kier alpha value is -3.28. The quantitative estimate of drug-likeness (QED) is 0.471. The lowest BCUT2D eigenvalue weighted by Gasteiger charge is -2.48. The number of hydrogen-bond donors (Lipinski definition) is 0. The molecular formula is C21H19NO5. The van der Waals surface area contributed by atoms with Gasteiger partial charge >= 0.3 is 5.97 Å². The molecule has 1 fully saturated rings. The zero-order valence-corrected chi connectivity index (χ0v) is 15.1. The van der Waals surface area contributed by atoms with Crippen LogP contribution in [0.1, 0.15) is 28.9 Å². The molecule has 6 heteroatoms. The summed E-state index contributed by atoms with van der Waals surface area (Å²) in [6.45, 7) is 6.05. The van der Waals surface area contributed by atoms with Crippen LogP contribution in [0.25, 0.3) is 0 Å². The molecule has 0 unspecified atom stereocenters. The molecule has 6 nitrogen and oxygen atoms in total. The molecule has 138 valence electrons. The van der Waals surface area contributed by atoms with Crippen molar-refractivity contribution in [1.82, 2.24) is 0 Å². The van der Waals surface area contributed by atoms with Gasteiger partial charge in [0.1, 0.15) is 0 Å². The highest BCUT2D eigenvalue weighted by Gasteiger charge is 2.49. The van der Waals surface area contributed by atoms with E-state index in [-0.39, 0.29) is 24.7 Å². The number of ether oxygens (including phenoxy) is 3. The van der Waals surface area contributed by atoms with Gasteiger partial charge in [0.15, 0.2) is 11.5 Å². The maximum Gasteiger partial charge on any atom is 0.337 e. The molecule has 2 aliphatic heterocycles. The van der Waals surface area contributed by atoms with Crippen LogP contribution in [-0.2, 0) is 9.53 Å². The normalized spacial score (nSPS) is 20.2. The van der Waals surface area contributed by atoms with E-state index in [0.717, 1.165) is 11.1 Å². The van der Waals surface area contributed by atoms with Crippen LogP contribution in [0.2, 0.25) is 0 Å². The van der Waals surface area contributed by atoms with Gasteiger partial charge in [0.25, 0.3) is 0 Å². The van der Waals surface area contributed by atoms with E-state index >= 15 is 0 Å². The largest absolute Gasteiger partial charge is 0.465 e. The number of amides is 1. The Morgan fingerprint density at radius 1 is 1.15 bits per heavy atom. The van der Waals surface area contributed by atoms with Crippen LogP contribution < -0.4 is 14.4 Å². The fraction of sp³-hybridized carbons (Fsp3) is 0.238. The first-order valence-electron chi connectivity index (χ1n) is 8.57. The van der Waals surface area contributed by atoms with E-state index in [1.807, 2.05) is 25.1 Å². The van der Waals surface area contributed by atoms with Crippen LogP contribution in [0.5, 0.6) is 11.5 Å². The maximum absolute atomic E-state index is 12.8. The number of hydrogen-bond acceptors (Lipinski definition) is 5. The third-order valence-corrected chi connectivity index (χ3v) is 4.93. The number of methoxy groups -OCH3 is 1. The fourth-order valence-electron chi connectivity index (χ4n) is 3.57. The average molecular weight is 365 g/mol. The van der Waals surface area contributed by atoms with Crippen LogP contribution in [0, 0.1) is 5.92 Å². The summed E-state index contributed by atoms with van der Waals surface area (Å²) < 4.78 is 15.6. The van der Waals surface area contributed by atoms with E-state index in [1.165, 1.54) is 7.11 Å². The highest BCUT2D eigenvalue weighted by atomic mass is 16.7. The molecule has 2 atom stereocenters. The molecule has 0 spiro atoms. The van der Waals surface area contributed by atoms with Crippen LogP contribution in [-0.4, -0.2) is 25.8 Å². The van der Waals surface area contributed by atoms with E-state index < -0.39 is 5.97 Å². The van der Waals surface area contributed by atoms with Gasteiger partial charge in [-0.25, -0.2) is 4.79 Å². The first kappa shape index (κ1) is 17.1. The third-order valence-electron chi connectivity index (χ3n) is 4.93. The van der Waals surface area contributed by atoms with Crippen molar-refractivity contribution in [2.75, 3.05) is 18.8 Å². The molecule has 2 heterocycles. The second kappa shape index (κ2) is 6.46. The van der Waals surface area contributed by atoms with Gasteiger partial charge < -0.3 is 19.1 Å². The van der Waals surface area contributed by atoms with Crippen molar-refractivity contribution in [3.8, 4) is 11.5 Å². The van der Waals surface area contributed by atoms with E-state index in [2.05, 4.69) is 6.58 Å². The Morgan fingerprint density at radius 2 is 1.85 bits per heavy atom. The minimum absolute atomic E-state index is 0.0176. The van der Waals surface area contributed by atoms with Gasteiger partial charge in [0.2, 0.25) is 12.7 Å². The predicted octanol–water partition coefficient (Wildman–Crippen LogP) is 3.48. The number of esters is 1. The molecule has 1 saturated heterocycles. The number of benzene rings is 2. The van der Waals surface area contributed by atoms with Gasteiger partial charge in [0, 0.05) is 5.69 Å². The Labute approximate surface area is 156 Å². The first-order valence-corrected chi connectivity index (χ1v) is 8.57. The van der Waals surface area contributed by atoms with Gasteiger partial charge in [-0.2, -0.15) is 0 Å². The second-order valence-electron chi connectivity index (χ2n) is 6.63. The molecule has 2 aromatic rings. The Balaban J connectivity index is 1.69. The standard InChI is InChI=1S/C21H19NO5/c1-12(2)18-19(14-6-9-16-17(10-14)27-11-26-16)22(20(18)23)15-7-4-13(5-8-15)21(24)25-3/h4-10,18-19H,1,11H2,2-3H3/t18-,19-/m1/s1. The Kier molecular flexibility index (Phi) is 4.11. The summed E-state index contributed by atoms with van der Waals surface area (Å²) in [4.78, 5) is 26.2. The Morgan fingerprint density at radius 3 is 2.52 bits per heavy atom. The monoisotopic (exact) mass is 365 g/mol. The number of anilines is 1. The lowest BCUT2D eigenvalue weighted by atomic mass is 9.78. The molecule has 0 radical (unpaired) electrons. The fourth-order valence-corrected chi connectivity index (χ4v) is 3.57. The number of nitrogens with zero attached hydrogens (tertiary/aromatic N) is 1. The highest BCUT2D eigenvalue weighted by Crippen LogP contribution is 2.48. The van der Waals surface area contributed by atoms with Crippen LogP contribution in [0.15, 0.2) is 54.6 Å². The van der Waals surface area contributed by atoms with Crippen molar-refractivity contribution in [2.45, 2.75) is 13.0 Å². The number of carbonyl (C=O) groups excluding carboxylic acids is 2. The highest BCUT2D eigenvalue weighted by molar-refractivity contribution is 6.05.